The number of hydrogen-bond donors (Lipinski definition) is 0. The summed E-state index contributed by atoms with van der Waals surface area (Å²) in [5.41, 5.74) is 0. The van der Waals surface area contributed by atoms with Gasteiger partial charge in [0.05, 0.1) is 0 Å². The lowest BCUT2D eigenvalue weighted by atomic mass is 10.3. The second kappa shape index (κ2) is 7.45. The number of esters is 2. The maximum Gasteiger partial charge on any atom is 0.347 e. The summed E-state index contributed by atoms with van der Waals surface area (Å²) >= 11 is 3.32. The van der Waals surface area contributed by atoms with Gasteiger partial charge >= 0.3 is 11.9 Å². The normalized spacial score (nSPS) is 13.8. The van der Waals surface area contributed by atoms with Crippen LogP contribution in [0.3, 0.4) is 0 Å². The molecule has 0 rings (SSSR count). The van der Waals surface area contributed by atoms with Crippen molar-refractivity contribution in [1.82, 2.24) is 0 Å². The fraction of sp³-hybridized carbons (Fsp3) is 0.600. The maximum atomic E-state index is 11.3. The second-order valence-corrected chi connectivity index (χ2v) is 4.21. The van der Waals surface area contributed by atoms with Gasteiger partial charge in [0.2, 0.25) is 0 Å². The molecule has 0 aromatic carbocycles. The number of alkyl halides is 1. The van der Waals surface area contributed by atoms with Gasteiger partial charge in [-0.25, -0.2) is 9.59 Å². The third-order valence-electron chi connectivity index (χ3n) is 1.64. The molecule has 0 aromatic rings. The van der Waals surface area contributed by atoms with Crippen LogP contribution in [0.4, 0.5) is 0 Å². The lowest BCUT2D eigenvalue weighted by Gasteiger charge is -2.13. The molecular weight excluding hydrogens is 264 g/mol. The van der Waals surface area contributed by atoms with E-state index in [1.54, 1.807) is 0 Å². The molecule has 0 radical (unpaired) electrons. The summed E-state index contributed by atoms with van der Waals surface area (Å²) in [5.74, 6) is -1.19. The minimum absolute atomic E-state index is 0.128. The van der Waals surface area contributed by atoms with Crippen LogP contribution < -0.4 is 0 Å². The van der Waals surface area contributed by atoms with Crippen molar-refractivity contribution >= 4 is 27.9 Å². The SMILES string of the molecule is C=CC(=O)OC(C)C(=O)OCC(Br)CC. The van der Waals surface area contributed by atoms with Crippen molar-refractivity contribution in [2.24, 2.45) is 0 Å². The van der Waals surface area contributed by atoms with Crippen molar-refractivity contribution < 1.29 is 19.1 Å². The van der Waals surface area contributed by atoms with E-state index in [9.17, 15) is 9.59 Å². The average Bonchev–Trinajstić information content (AvgIpc) is 2.24. The summed E-state index contributed by atoms with van der Waals surface area (Å²) < 4.78 is 9.58. The summed E-state index contributed by atoms with van der Waals surface area (Å²) in [6.07, 6.45) is 0.962. The van der Waals surface area contributed by atoms with Crippen LogP contribution in [0.5, 0.6) is 0 Å². The van der Waals surface area contributed by atoms with Gasteiger partial charge in [0, 0.05) is 10.9 Å². The average molecular weight is 279 g/mol. The lowest BCUT2D eigenvalue weighted by molar-refractivity contribution is -0.163. The van der Waals surface area contributed by atoms with Crippen LogP contribution in [0.1, 0.15) is 20.3 Å². The van der Waals surface area contributed by atoms with Crippen LogP contribution in [0.2, 0.25) is 0 Å². The number of rotatable bonds is 6. The molecule has 0 amide bonds. The van der Waals surface area contributed by atoms with Crippen molar-refractivity contribution in [2.45, 2.75) is 31.2 Å². The van der Waals surface area contributed by atoms with Gasteiger partial charge in [-0.15, -0.1) is 0 Å². The Bertz CT molecular complexity index is 240. The smallest absolute Gasteiger partial charge is 0.347 e. The molecule has 2 atom stereocenters. The van der Waals surface area contributed by atoms with Crippen LogP contribution in [0.25, 0.3) is 0 Å². The summed E-state index contributed by atoms with van der Waals surface area (Å²) in [6.45, 7) is 6.92. The zero-order chi connectivity index (χ0) is 11.8. The summed E-state index contributed by atoms with van der Waals surface area (Å²) in [4.78, 5) is 22.2. The van der Waals surface area contributed by atoms with Crippen molar-refractivity contribution in [2.75, 3.05) is 6.61 Å². The van der Waals surface area contributed by atoms with Gasteiger partial charge in [0.25, 0.3) is 0 Å². The highest BCUT2D eigenvalue weighted by atomic mass is 79.9. The Morgan fingerprint density at radius 1 is 1.53 bits per heavy atom. The second-order valence-electron chi connectivity index (χ2n) is 2.92. The highest BCUT2D eigenvalue weighted by molar-refractivity contribution is 9.09. The molecule has 0 heterocycles. The fourth-order valence-electron chi connectivity index (χ4n) is 0.678. The van der Waals surface area contributed by atoms with E-state index in [-0.39, 0.29) is 11.4 Å². The molecule has 0 bridgehead atoms. The van der Waals surface area contributed by atoms with E-state index in [2.05, 4.69) is 27.2 Å². The zero-order valence-electron chi connectivity index (χ0n) is 8.86. The van der Waals surface area contributed by atoms with Gasteiger partial charge in [-0.3, -0.25) is 0 Å². The van der Waals surface area contributed by atoms with Gasteiger partial charge < -0.3 is 9.47 Å². The quantitative estimate of drug-likeness (QED) is 0.423. The molecular formula is C10H15BrO4. The minimum atomic E-state index is -0.896. The Labute approximate surface area is 97.8 Å². The Hall–Kier alpha value is -0.840. The third kappa shape index (κ3) is 6.28. The summed E-state index contributed by atoms with van der Waals surface area (Å²) in [7, 11) is 0. The van der Waals surface area contributed by atoms with Crippen LogP contribution in [-0.4, -0.2) is 29.5 Å². The number of halogens is 1. The minimum Gasteiger partial charge on any atom is -0.462 e. The van der Waals surface area contributed by atoms with E-state index in [4.69, 9.17) is 4.74 Å². The van der Waals surface area contributed by atoms with Gasteiger partial charge in [-0.05, 0) is 13.3 Å². The number of hydrogen-bond acceptors (Lipinski definition) is 4. The van der Waals surface area contributed by atoms with Crippen LogP contribution in [0.15, 0.2) is 12.7 Å². The molecule has 0 fully saturated rings. The zero-order valence-corrected chi connectivity index (χ0v) is 10.5. The molecule has 0 aliphatic heterocycles. The predicted molar refractivity (Wildman–Crippen MR) is 59.7 cm³/mol. The molecule has 86 valence electrons. The van der Waals surface area contributed by atoms with Crippen LogP contribution in [0, 0.1) is 0 Å². The van der Waals surface area contributed by atoms with Gasteiger partial charge in [-0.2, -0.15) is 0 Å². The fourth-order valence-corrected chi connectivity index (χ4v) is 0.810. The van der Waals surface area contributed by atoms with E-state index in [1.807, 2.05) is 6.92 Å². The standard InChI is InChI=1S/C10H15BrO4/c1-4-8(11)6-14-10(13)7(3)15-9(12)5-2/h5,7-8H,2,4,6H2,1,3H3. The monoisotopic (exact) mass is 278 g/mol. The maximum absolute atomic E-state index is 11.3. The van der Waals surface area contributed by atoms with Crippen molar-refractivity contribution in [3.63, 3.8) is 0 Å². The molecule has 0 saturated carbocycles. The molecule has 0 saturated heterocycles. The highest BCUT2D eigenvalue weighted by Gasteiger charge is 2.18. The first-order chi connectivity index (χ1) is 7.01. The molecule has 0 aliphatic rings. The molecule has 0 aliphatic carbocycles. The van der Waals surface area contributed by atoms with Gasteiger partial charge in [-0.1, -0.05) is 29.4 Å². The largest absolute Gasteiger partial charge is 0.462 e. The first-order valence-electron chi connectivity index (χ1n) is 4.65. The third-order valence-corrected chi connectivity index (χ3v) is 2.55. The molecule has 0 aromatic heterocycles. The highest BCUT2D eigenvalue weighted by Crippen LogP contribution is 2.06. The Morgan fingerprint density at radius 3 is 2.60 bits per heavy atom. The topological polar surface area (TPSA) is 52.6 Å². The molecule has 15 heavy (non-hydrogen) atoms. The Morgan fingerprint density at radius 2 is 2.13 bits per heavy atom. The Kier molecular flexibility index (Phi) is 7.03. The number of carbonyl (C=O) groups is 2. The molecule has 4 nitrogen and oxygen atoms in total. The lowest BCUT2D eigenvalue weighted by Crippen LogP contribution is -2.27. The van der Waals surface area contributed by atoms with E-state index >= 15 is 0 Å². The van der Waals surface area contributed by atoms with Crippen molar-refractivity contribution in [3.05, 3.63) is 12.7 Å². The molecule has 2 unspecified atom stereocenters. The summed E-state index contributed by atoms with van der Waals surface area (Å²) in [5, 5.41) is 0. The molecule has 0 spiro atoms. The Balaban J connectivity index is 3.88. The molecule has 0 N–H and O–H groups in total. The predicted octanol–water partition coefficient (Wildman–Crippen LogP) is 1.82. The van der Waals surface area contributed by atoms with Crippen LogP contribution >= 0.6 is 15.9 Å². The molecule has 5 heteroatoms. The summed E-state index contributed by atoms with van der Waals surface area (Å²) in [6, 6.07) is 0. The number of ether oxygens (including phenoxy) is 2. The van der Waals surface area contributed by atoms with E-state index in [0.29, 0.717) is 0 Å². The number of carbonyl (C=O) groups excluding carboxylic acids is 2. The van der Waals surface area contributed by atoms with E-state index in [0.717, 1.165) is 12.5 Å². The van der Waals surface area contributed by atoms with Gasteiger partial charge in [0.1, 0.15) is 6.61 Å². The van der Waals surface area contributed by atoms with Crippen LogP contribution in [-0.2, 0) is 19.1 Å². The van der Waals surface area contributed by atoms with E-state index < -0.39 is 18.0 Å². The van der Waals surface area contributed by atoms with Crippen molar-refractivity contribution in [1.29, 1.82) is 0 Å². The van der Waals surface area contributed by atoms with Gasteiger partial charge in [0.15, 0.2) is 6.10 Å². The first-order valence-corrected chi connectivity index (χ1v) is 5.56. The van der Waals surface area contributed by atoms with E-state index in [1.165, 1.54) is 6.92 Å². The van der Waals surface area contributed by atoms with Crippen molar-refractivity contribution in [3.8, 4) is 0 Å². The first kappa shape index (κ1) is 14.2.